The first-order valence-corrected chi connectivity index (χ1v) is 8.08. The topological polar surface area (TPSA) is 46.6 Å². The first-order chi connectivity index (χ1) is 10.6. The van der Waals surface area contributed by atoms with Crippen molar-refractivity contribution >= 4 is 34.8 Å². The van der Waals surface area contributed by atoms with E-state index in [0.717, 1.165) is 16.9 Å². The van der Waals surface area contributed by atoms with Gasteiger partial charge in [-0.2, -0.15) is 0 Å². The molecule has 2 heterocycles. The van der Waals surface area contributed by atoms with Crippen molar-refractivity contribution in [1.82, 2.24) is 4.90 Å². The zero-order valence-electron chi connectivity index (χ0n) is 11.9. The fourth-order valence-corrected chi connectivity index (χ4v) is 3.69. The van der Waals surface area contributed by atoms with Gasteiger partial charge in [0.05, 0.1) is 7.11 Å². The number of hydrogen-bond acceptors (Lipinski definition) is 4. The number of amides is 1. The number of rotatable bonds is 2. The molecule has 0 saturated carbocycles. The molecular weight excluding hydrogens is 322 g/mol. The van der Waals surface area contributed by atoms with Crippen molar-refractivity contribution in [2.75, 3.05) is 13.7 Å². The van der Waals surface area contributed by atoms with Crippen LogP contribution in [-0.2, 0) is 16.0 Å². The van der Waals surface area contributed by atoms with Crippen molar-refractivity contribution in [2.24, 2.45) is 0 Å². The quantitative estimate of drug-likeness (QED) is 0.791. The van der Waals surface area contributed by atoms with Gasteiger partial charge in [0.15, 0.2) is 6.04 Å². The van der Waals surface area contributed by atoms with E-state index in [0.29, 0.717) is 17.1 Å². The van der Waals surface area contributed by atoms with Crippen LogP contribution in [0, 0.1) is 0 Å². The van der Waals surface area contributed by atoms with Crippen LogP contribution in [0.25, 0.3) is 0 Å². The second-order valence-corrected chi connectivity index (χ2v) is 6.42. The molecule has 1 aromatic carbocycles. The molecule has 3 rings (SSSR count). The number of hydrogen-bond donors (Lipinski definition) is 0. The number of nitrogens with zero attached hydrogens (tertiary/aromatic N) is 1. The number of thiophene rings is 1. The van der Waals surface area contributed by atoms with Crippen molar-refractivity contribution in [3.8, 4) is 0 Å². The van der Waals surface area contributed by atoms with E-state index in [2.05, 4.69) is 0 Å². The summed E-state index contributed by atoms with van der Waals surface area (Å²) in [6, 6.07) is 7.89. The monoisotopic (exact) mass is 335 g/mol. The minimum atomic E-state index is -0.678. The molecular formula is C16H14ClNO3S. The van der Waals surface area contributed by atoms with E-state index in [1.54, 1.807) is 40.5 Å². The van der Waals surface area contributed by atoms with Crippen LogP contribution >= 0.6 is 22.9 Å². The van der Waals surface area contributed by atoms with E-state index >= 15 is 0 Å². The molecule has 2 aromatic rings. The van der Waals surface area contributed by atoms with Crippen molar-refractivity contribution in [2.45, 2.75) is 12.5 Å². The summed E-state index contributed by atoms with van der Waals surface area (Å²) >= 11 is 7.46. The third kappa shape index (κ3) is 2.62. The average Bonchev–Trinajstić information content (AvgIpc) is 3.01. The van der Waals surface area contributed by atoms with Gasteiger partial charge in [0, 0.05) is 22.0 Å². The van der Waals surface area contributed by atoms with Crippen molar-refractivity contribution in [3.05, 3.63) is 56.7 Å². The highest BCUT2D eigenvalue weighted by atomic mass is 35.5. The lowest BCUT2D eigenvalue weighted by atomic mass is 9.99. The van der Waals surface area contributed by atoms with E-state index in [4.69, 9.17) is 16.3 Å². The first kappa shape index (κ1) is 15.1. The van der Waals surface area contributed by atoms with Crippen LogP contribution in [0.2, 0.25) is 5.02 Å². The minimum absolute atomic E-state index is 0.191. The van der Waals surface area contributed by atoms with Gasteiger partial charge >= 0.3 is 5.97 Å². The highest BCUT2D eigenvalue weighted by molar-refractivity contribution is 7.10. The van der Waals surface area contributed by atoms with Crippen LogP contribution in [0.1, 0.15) is 26.8 Å². The predicted molar refractivity (Wildman–Crippen MR) is 85.3 cm³/mol. The molecule has 22 heavy (non-hydrogen) atoms. The summed E-state index contributed by atoms with van der Waals surface area (Å²) in [4.78, 5) is 27.7. The predicted octanol–water partition coefficient (Wildman–Crippen LogP) is 3.31. The van der Waals surface area contributed by atoms with E-state index in [1.807, 2.05) is 11.4 Å². The highest BCUT2D eigenvalue weighted by Crippen LogP contribution is 2.35. The van der Waals surface area contributed by atoms with Gasteiger partial charge in [-0.15, -0.1) is 11.3 Å². The zero-order chi connectivity index (χ0) is 15.7. The van der Waals surface area contributed by atoms with Gasteiger partial charge in [-0.25, -0.2) is 4.79 Å². The molecule has 1 aromatic heterocycles. The van der Waals surface area contributed by atoms with Crippen LogP contribution in [0.15, 0.2) is 35.7 Å². The third-order valence-corrected chi connectivity index (χ3v) is 4.99. The normalized spacial score (nSPS) is 17.0. The Morgan fingerprint density at radius 3 is 2.68 bits per heavy atom. The second-order valence-electron chi connectivity index (χ2n) is 4.98. The Morgan fingerprint density at radius 2 is 2.00 bits per heavy atom. The summed E-state index contributed by atoms with van der Waals surface area (Å²) < 4.78 is 4.90. The Labute approximate surface area is 137 Å². The van der Waals surface area contributed by atoms with E-state index in [9.17, 15) is 9.59 Å². The number of halogens is 1. The Kier molecular flexibility index (Phi) is 4.18. The molecule has 4 nitrogen and oxygen atoms in total. The number of carbonyl (C=O) groups is 2. The van der Waals surface area contributed by atoms with Crippen LogP contribution in [0.4, 0.5) is 0 Å². The fourth-order valence-electron chi connectivity index (χ4n) is 2.66. The Balaban J connectivity index is 1.96. The summed E-state index contributed by atoms with van der Waals surface area (Å²) in [5.74, 6) is -0.606. The smallest absolute Gasteiger partial charge is 0.333 e. The van der Waals surface area contributed by atoms with Gasteiger partial charge in [-0.1, -0.05) is 11.6 Å². The van der Waals surface area contributed by atoms with Crippen molar-refractivity contribution in [1.29, 1.82) is 0 Å². The number of fused-ring (bicyclic) bond motifs is 1. The summed E-state index contributed by atoms with van der Waals surface area (Å²) in [6.07, 6.45) is 0.750. The van der Waals surface area contributed by atoms with Crippen LogP contribution in [0.3, 0.4) is 0 Å². The number of ether oxygens (including phenoxy) is 1. The van der Waals surface area contributed by atoms with Crippen molar-refractivity contribution in [3.63, 3.8) is 0 Å². The molecule has 1 amide bonds. The first-order valence-electron chi connectivity index (χ1n) is 6.82. The molecule has 0 aliphatic carbocycles. The van der Waals surface area contributed by atoms with E-state index < -0.39 is 12.0 Å². The van der Waals surface area contributed by atoms with Crippen LogP contribution < -0.4 is 0 Å². The Bertz CT molecular complexity index is 710. The molecule has 0 N–H and O–H groups in total. The van der Waals surface area contributed by atoms with E-state index in [1.165, 1.54) is 7.11 Å². The number of benzene rings is 1. The molecule has 1 unspecified atom stereocenters. The van der Waals surface area contributed by atoms with Gasteiger partial charge in [0.1, 0.15) is 0 Å². The number of carbonyl (C=O) groups excluding carboxylic acids is 2. The largest absolute Gasteiger partial charge is 0.467 e. The van der Waals surface area contributed by atoms with Crippen LogP contribution in [-0.4, -0.2) is 30.4 Å². The maximum atomic E-state index is 12.8. The molecule has 0 spiro atoms. The molecule has 1 aliphatic rings. The average molecular weight is 336 g/mol. The second kappa shape index (κ2) is 6.10. The summed E-state index contributed by atoms with van der Waals surface area (Å²) in [5.41, 5.74) is 1.38. The summed E-state index contributed by atoms with van der Waals surface area (Å²) in [7, 11) is 1.34. The van der Waals surface area contributed by atoms with Gasteiger partial charge < -0.3 is 9.64 Å². The number of methoxy groups -OCH3 is 1. The summed E-state index contributed by atoms with van der Waals surface area (Å²) in [6.45, 7) is 0.495. The van der Waals surface area contributed by atoms with Gasteiger partial charge in [-0.3, -0.25) is 4.79 Å². The van der Waals surface area contributed by atoms with Crippen LogP contribution in [0.5, 0.6) is 0 Å². The molecule has 1 atom stereocenters. The Hall–Kier alpha value is -1.85. The van der Waals surface area contributed by atoms with E-state index in [-0.39, 0.29) is 5.91 Å². The molecule has 6 heteroatoms. The molecule has 0 fully saturated rings. The highest BCUT2D eigenvalue weighted by Gasteiger charge is 2.37. The number of esters is 1. The minimum Gasteiger partial charge on any atom is -0.467 e. The van der Waals surface area contributed by atoms with Gasteiger partial charge in [-0.05, 0) is 47.7 Å². The maximum Gasteiger partial charge on any atom is 0.333 e. The SMILES string of the molecule is COC(=O)C1c2ccsc2CCN1C(=O)c1ccc(Cl)cc1. The third-order valence-electron chi connectivity index (χ3n) is 3.74. The molecule has 114 valence electrons. The summed E-state index contributed by atoms with van der Waals surface area (Å²) in [5, 5.41) is 2.51. The molecule has 0 saturated heterocycles. The fraction of sp³-hybridized carbons (Fsp3) is 0.250. The zero-order valence-corrected chi connectivity index (χ0v) is 13.5. The maximum absolute atomic E-state index is 12.8. The Morgan fingerprint density at radius 1 is 1.27 bits per heavy atom. The van der Waals surface area contributed by atoms with Crippen molar-refractivity contribution < 1.29 is 14.3 Å². The lowest BCUT2D eigenvalue weighted by Crippen LogP contribution is -2.43. The molecule has 0 radical (unpaired) electrons. The lowest BCUT2D eigenvalue weighted by Gasteiger charge is -2.34. The standard InChI is InChI=1S/C16H14ClNO3S/c1-21-16(20)14-12-7-9-22-13(12)6-8-18(14)15(19)10-2-4-11(17)5-3-10/h2-5,7,9,14H,6,8H2,1H3. The van der Waals surface area contributed by atoms with Gasteiger partial charge in [0.2, 0.25) is 0 Å². The van der Waals surface area contributed by atoms with Gasteiger partial charge in [0.25, 0.3) is 5.91 Å². The molecule has 0 bridgehead atoms. The molecule has 1 aliphatic heterocycles. The lowest BCUT2D eigenvalue weighted by molar-refractivity contribution is -0.146.